The van der Waals surface area contributed by atoms with Crippen LogP contribution in [0.1, 0.15) is 53.2 Å². The number of likely N-dealkylation sites (tertiary alicyclic amines) is 1. The average molecular weight is 461 g/mol. The van der Waals surface area contributed by atoms with Gasteiger partial charge < -0.3 is 16.0 Å². The molecule has 174 valence electrons. The Morgan fingerprint density at radius 3 is 2.45 bits per heavy atom. The van der Waals surface area contributed by atoms with Crippen molar-refractivity contribution in [2.75, 3.05) is 5.73 Å². The second-order valence-electron chi connectivity index (χ2n) is 9.17. The van der Waals surface area contributed by atoms with Gasteiger partial charge in [0.25, 0.3) is 5.91 Å². The van der Waals surface area contributed by atoms with Gasteiger partial charge in [-0.1, -0.05) is 18.2 Å². The number of para-hydroxylation sites is 1. The van der Waals surface area contributed by atoms with E-state index >= 15 is 0 Å². The molecule has 5 rings (SSSR count). The summed E-state index contributed by atoms with van der Waals surface area (Å²) in [6.45, 7) is 0. The lowest BCUT2D eigenvalue weighted by Crippen LogP contribution is -2.49. The van der Waals surface area contributed by atoms with E-state index in [-0.39, 0.29) is 29.3 Å². The summed E-state index contributed by atoms with van der Waals surface area (Å²) in [6.07, 6.45) is -1.85. The van der Waals surface area contributed by atoms with Gasteiger partial charge in [-0.25, -0.2) is 4.39 Å². The number of nitrogens with one attached hydrogen (secondary N) is 1. The number of rotatable bonds is 5. The first-order chi connectivity index (χ1) is 15.6. The van der Waals surface area contributed by atoms with Gasteiger partial charge in [-0.15, -0.1) is 0 Å². The van der Waals surface area contributed by atoms with Crippen molar-refractivity contribution in [2.45, 2.75) is 50.0 Å². The van der Waals surface area contributed by atoms with Gasteiger partial charge in [0.05, 0.1) is 17.2 Å². The minimum atomic E-state index is -4.65. The molecule has 1 heterocycles. The lowest BCUT2D eigenvalue weighted by molar-refractivity contribution is -0.137. The number of fused-ring (bicyclic) bond motifs is 1. The lowest BCUT2D eigenvalue weighted by atomic mass is 9.99. The summed E-state index contributed by atoms with van der Waals surface area (Å²) < 4.78 is 53.4. The molecular formula is C24H23F4N3O2. The zero-order valence-electron chi connectivity index (χ0n) is 17.6. The van der Waals surface area contributed by atoms with Crippen LogP contribution in [0.3, 0.4) is 0 Å². The second kappa shape index (κ2) is 7.74. The highest BCUT2D eigenvalue weighted by Crippen LogP contribution is 2.49. The fourth-order valence-electron chi connectivity index (χ4n) is 4.90. The summed E-state index contributed by atoms with van der Waals surface area (Å²) in [5.74, 6) is -1.55. The van der Waals surface area contributed by atoms with Crippen LogP contribution in [-0.2, 0) is 11.0 Å². The number of hydrogen-bond acceptors (Lipinski definition) is 3. The van der Waals surface area contributed by atoms with Gasteiger partial charge in [-0.2, -0.15) is 13.2 Å². The lowest BCUT2D eigenvalue weighted by Gasteiger charge is -2.29. The van der Waals surface area contributed by atoms with E-state index in [9.17, 15) is 27.2 Å². The Bertz CT molecular complexity index is 1120. The summed E-state index contributed by atoms with van der Waals surface area (Å²) >= 11 is 0. The molecule has 1 aliphatic heterocycles. The van der Waals surface area contributed by atoms with Crippen LogP contribution in [0, 0.1) is 17.7 Å². The summed E-state index contributed by atoms with van der Waals surface area (Å²) in [5, 5.41) is 2.84. The molecule has 3 fully saturated rings. The van der Waals surface area contributed by atoms with Crippen LogP contribution in [0.2, 0.25) is 0 Å². The van der Waals surface area contributed by atoms with Gasteiger partial charge in [0.1, 0.15) is 11.9 Å². The molecule has 33 heavy (non-hydrogen) atoms. The number of nitrogens with two attached hydrogens (primary N) is 1. The molecule has 2 aliphatic carbocycles. The number of piperidine rings is 1. The predicted octanol–water partition coefficient (Wildman–Crippen LogP) is 4.30. The number of benzene rings is 2. The Morgan fingerprint density at radius 2 is 1.82 bits per heavy atom. The second-order valence-corrected chi connectivity index (χ2v) is 9.17. The molecule has 9 heteroatoms. The van der Waals surface area contributed by atoms with Crippen LogP contribution in [-0.4, -0.2) is 28.8 Å². The maximum atomic E-state index is 14.7. The normalized spacial score (nSPS) is 24.8. The Labute approximate surface area is 187 Å². The van der Waals surface area contributed by atoms with E-state index in [1.54, 1.807) is 29.2 Å². The maximum absolute atomic E-state index is 14.7. The van der Waals surface area contributed by atoms with E-state index in [1.165, 1.54) is 0 Å². The van der Waals surface area contributed by atoms with Crippen molar-refractivity contribution in [3.8, 4) is 0 Å². The number of amides is 2. The summed E-state index contributed by atoms with van der Waals surface area (Å²) in [7, 11) is 0. The molecule has 2 saturated carbocycles. The van der Waals surface area contributed by atoms with Gasteiger partial charge in [-0.3, -0.25) is 9.59 Å². The SMILES string of the molecule is Nc1ccccc1C(=O)N1[C@@H](C(=O)NC(c2ccc(C(F)(F)F)cc2F)C2CC2)C[C@H]2C[C@H]21. The zero-order valence-corrected chi connectivity index (χ0v) is 17.6. The standard InChI is InChI=1S/C24H23F4N3O2/c25-17-11-14(24(26,27)28)7-8-15(17)21(12-5-6-12)30-22(32)20-10-13-9-19(13)31(20)23(33)16-3-1-2-4-18(16)29/h1-4,7-8,11-13,19-21H,5-6,9-10,29H2,(H,30,32)/t13-,19-,20-,21?/m1/s1. The van der Waals surface area contributed by atoms with E-state index in [4.69, 9.17) is 5.73 Å². The van der Waals surface area contributed by atoms with Crippen LogP contribution in [0.25, 0.3) is 0 Å². The highest BCUT2D eigenvalue weighted by atomic mass is 19.4. The van der Waals surface area contributed by atoms with Crippen molar-refractivity contribution in [2.24, 2.45) is 11.8 Å². The summed E-state index contributed by atoms with van der Waals surface area (Å²) in [4.78, 5) is 28.0. The number of alkyl halides is 3. The molecule has 2 amide bonds. The number of carbonyl (C=O) groups is 2. The average Bonchev–Trinajstić information content (AvgIpc) is 3.69. The number of nitrogens with zero attached hydrogens (tertiary/aromatic N) is 1. The monoisotopic (exact) mass is 461 g/mol. The van der Waals surface area contributed by atoms with Gasteiger partial charge >= 0.3 is 6.18 Å². The molecule has 3 aliphatic rings. The highest BCUT2D eigenvalue weighted by molar-refractivity contribution is 6.02. The van der Waals surface area contributed by atoms with Crippen molar-refractivity contribution in [1.29, 1.82) is 0 Å². The summed E-state index contributed by atoms with van der Waals surface area (Å²) in [6, 6.07) is 7.57. The minimum Gasteiger partial charge on any atom is -0.398 e. The number of carbonyl (C=O) groups excluding carboxylic acids is 2. The zero-order chi connectivity index (χ0) is 23.5. The molecule has 0 aromatic heterocycles. The highest BCUT2D eigenvalue weighted by Gasteiger charge is 2.56. The van der Waals surface area contributed by atoms with Crippen molar-refractivity contribution < 1.29 is 27.2 Å². The number of nitrogen functional groups attached to an aromatic ring is 1. The Morgan fingerprint density at radius 1 is 1.09 bits per heavy atom. The number of anilines is 1. The Hall–Kier alpha value is -3.10. The molecule has 4 atom stereocenters. The Kier molecular flexibility index (Phi) is 5.10. The molecule has 0 radical (unpaired) electrons. The first-order valence-corrected chi connectivity index (χ1v) is 11.0. The quantitative estimate of drug-likeness (QED) is 0.515. The number of hydrogen-bond donors (Lipinski definition) is 2. The molecule has 2 aromatic carbocycles. The molecule has 5 nitrogen and oxygen atoms in total. The van der Waals surface area contributed by atoms with Crippen LogP contribution < -0.4 is 11.1 Å². The van der Waals surface area contributed by atoms with Crippen molar-refractivity contribution >= 4 is 17.5 Å². The van der Waals surface area contributed by atoms with Crippen LogP contribution in [0.15, 0.2) is 42.5 Å². The third-order valence-electron chi connectivity index (χ3n) is 6.89. The van der Waals surface area contributed by atoms with E-state index in [1.807, 2.05) is 0 Å². The molecule has 0 bridgehead atoms. The van der Waals surface area contributed by atoms with E-state index in [0.29, 0.717) is 23.7 Å². The maximum Gasteiger partial charge on any atom is 0.416 e. The van der Waals surface area contributed by atoms with Crippen LogP contribution >= 0.6 is 0 Å². The predicted molar refractivity (Wildman–Crippen MR) is 112 cm³/mol. The first kappa shape index (κ1) is 21.7. The summed E-state index contributed by atoms with van der Waals surface area (Å²) in [5.41, 5.74) is 5.58. The van der Waals surface area contributed by atoms with Gasteiger partial charge in [0.2, 0.25) is 5.91 Å². The molecular weight excluding hydrogens is 438 g/mol. The van der Waals surface area contributed by atoms with Crippen molar-refractivity contribution in [1.82, 2.24) is 10.2 Å². The first-order valence-electron chi connectivity index (χ1n) is 11.0. The van der Waals surface area contributed by atoms with Gasteiger partial charge in [0.15, 0.2) is 0 Å². The van der Waals surface area contributed by atoms with Gasteiger partial charge in [0, 0.05) is 17.3 Å². The molecule has 1 unspecified atom stereocenters. The largest absolute Gasteiger partial charge is 0.416 e. The molecule has 3 N–H and O–H groups in total. The fourth-order valence-corrected chi connectivity index (χ4v) is 4.90. The van der Waals surface area contributed by atoms with E-state index in [2.05, 4.69) is 5.32 Å². The van der Waals surface area contributed by atoms with E-state index in [0.717, 1.165) is 31.4 Å². The molecule has 0 spiro atoms. The van der Waals surface area contributed by atoms with Gasteiger partial charge in [-0.05, 0) is 61.8 Å². The molecule has 2 aromatic rings. The topological polar surface area (TPSA) is 75.4 Å². The third-order valence-corrected chi connectivity index (χ3v) is 6.89. The van der Waals surface area contributed by atoms with Crippen molar-refractivity contribution in [3.63, 3.8) is 0 Å². The Balaban J connectivity index is 1.37. The van der Waals surface area contributed by atoms with Crippen molar-refractivity contribution in [3.05, 3.63) is 65.0 Å². The minimum absolute atomic E-state index is 0.0324. The van der Waals surface area contributed by atoms with Crippen LogP contribution in [0.4, 0.5) is 23.2 Å². The van der Waals surface area contributed by atoms with E-state index < -0.39 is 35.5 Å². The number of halogens is 4. The third kappa shape index (κ3) is 4.05. The van der Waals surface area contributed by atoms with Crippen LogP contribution in [0.5, 0.6) is 0 Å². The fraction of sp³-hybridized carbons (Fsp3) is 0.417. The molecule has 1 saturated heterocycles. The smallest absolute Gasteiger partial charge is 0.398 e.